The second-order valence-corrected chi connectivity index (χ2v) is 7.51. The van der Waals surface area contributed by atoms with Gasteiger partial charge in [0, 0.05) is 18.3 Å². The lowest BCUT2D eigenvalue weighted by atomic mass is 10.1. The number of imidazole rings is 1. The van der Waals surface area contributed by atoms with Crippen LogP contribution in [0.2, 0.25) is 0 Å². The van der Waals surface area contributed by atoms with Gasteiger partial charge in [-0.15, -0.1) is 0 Å². The molecule has 0 aliphatic carbocycles. The second kappa shape index (κ2) is 4.66. The third-order valence-electron chi connectivity index (χ3n) is 3.95. The van der Waals surface area contributed by atoms with Gasteiger partial charge in [0.1, 0.15) is 0 Å². The van der Waals surface area contributed by atoms with Crippen molar-refractivity contribution in [3.05, 3.63) is 18.2 Å². The maximum Gasteiger partial charge on any atom is 0.152 e. The molecule has 3 heterocycles. The topological polar surface area (TPSA) is 64.0 Å². The third kappa shape index (κ3) is 2.31. The molecule has 1 aromatic rings. The van der Waals surface area contributed by atoms with Crippen LogP contribution in [0, 0.1) is 0 Å². The van der Waals surface area contributed by atoms with E-state index in [0.29, 0.717) is 11.8 Å². The summed E-state index contributed by atoms with van der Waals surface area (Å²) in [4.78, 5) is 4.22. The van der Waals surface area contributed by atoms with E-state index in [4.69, 9.17) is 0 Å². The quantitative estimate of drug-likeness (QED) is 0.872. The second-order valence-electron chi connectivity index (χ2n) is 5.29. The smallest absolute Gasteiger partial charge is 0.152 e. The Bertz CT molecular complexity index is 517. The molecule has 1 N–H and O–H groups in total. The Hall–Kier alpha value is -0.880. The van der Waals surface area contributed by atoms with E-state index in [-0.39, 0.29) is 11.8 Å². The van der Waals surface area contributed by atoms with Gasteiger partial charge in [-0.2, -0.15) is 0 Å². The summed E-state index contributed by atoms with van der Waals surface area (Å²) in [5.41, 5.74) is 1.15. The Labute approximate surface area is 108 Å². The molecule has 2 fully saturated rings. The number of rotatable bonds is 2. The van der Waals surface area contributed by atoms with Crippen molar-refractivity contribution < 1.29 is 8.42 Å². The highest BCUT2D eigenvalue weighted by atomic mass is 32.2. The minimum absolute atomic E-state index is 0.0728. The van der Waals surface area contributed by atoms with E-state index >= 15 is 0 Å². The van der Waals surface area contributed by atoms with Crippen molar-refractivity contribution in [3.8, 4) is 0 Å². The van der Waals surface area contributed by atoms with Gasteiger partial charge < -0.3 is 9.88 Å². The maximum atomic E-state index is 11.7. The Balaban J connectivity index is 1.85. The number of aromatic nitrogens is 2. The molecule has 18 heavy (non-hydrogen) atoms. The largest absolute Gasteiger partial charge is 0.329 e. The normalized spacial score (nSPS) is 31.6. The summed E-state index contributed by atoms with van der Waals surface area (Å²) in [7, 11) is -2.87. The predicted molar refractivity (Wildman–Crippen MR) is 69.1 cm³/mol. The minimum atomic E-state index is -2.87. The molecule has 100 valence electrons. The van der Waals surface area contributed by atoms with E-state index in [9.17, 15) is 8.42 Å². The zero-order valence-electron chi connectivity index (χ0n) is 10.4. The fraction of sp³-hybridized carbons (Fsp3) is 0.750. The number of hydrogen-bond acceptors (Lipinski definition) is 4. The van der Waals surface area contributed by atoms with Crippen molar-refractivity contribution in [1.29, 1.82) is 0 Å². The average molecular weight is 269 g/mol. The first-order chi connectivity index (χ1) is 8.66. The molecule has 2 atom stereocenters. The molecule has 2 saturated heterocycles. The molecule has 5 nitrogen and oxygen atoms in total. The Morgan fingerprint density at radius 3 is 2.94 bits per heavy atom. The van der Waals surface area contributed by atoms with Gasteiger partial charge in [0.05, 0.1) is 23.5 Å². The molecule has 2 aliphatic rings. The number of hydrogen-bond donors (Lipinski definition) is 1. The van der Waals surface area contributed by atoms with Crippen LogP contribution >= 0.6 is 0 Å². The molecule has 0 bridgehead atoms. The zero-order valence-corrected chi connectivity index (χ0v) is 11.2. The van der Waals surface area contributed by atoms with Crippen molar-refractivity contribution in [2.24, 2.45) is 0 Å². The van der Waals surface area contributed by atoms with Crippen LogP contribution in [-0.2, 0) is 9.84 Å². The first-order valence-corrected chi connectivity index (χ1v) is 8.43. The molecule has 0 saturated carbocycles. The number of nitrogens with zero attached hydrogens (tertiary/aromatic N) is 2. The summed E-state index contributed by atoms with van der Waals surface area (Å²) in [6, 6.07) is 0.417. The summed E-state index contributed by atoms with van der Waals surface area (Å²) >= 11 is 0. The Morgan fingerprint density at radius 2 is 2.22 bits per heavy atom. The van der Waals surface area contributed by atoms with Gasteiger partial charge in [-0.1, -0.05) is 0 Å². The van der Waals surface area contributed by atoms with Crippen LogP contribution in [0.1, 0.15) is 43.5 Å². The van der Waals surface area contributed by atoms with Gasteiger partial charge in [-0.05, 0) is 32.2 Å². The molecule has 6 heteroatoms. The van der Waals surface area contributed by atoms with Gasteiger partial charge in [0.15, 0.2) is 9.84 Å². The molecule has 0 spiro atoms. The fourth-order valence-electron chi connectivity index (χ4n) is 3.04. The summed E-state index contributed by atoms with van der Waals surface area (Å²) in [6.07, 6.45) is 7.67. The van der Waals surface area contributed by atoms with Crippen LogP contribution in [-0.4, -0.2) is 36.0 Å². The van der Waals surface area contributed by atoms with E-state index in [0.717, 1.165) is 31.5 Å². The zero-order chi connectivity index (χ0) is 12.6. The summed E-state index contributed by atoms with van der Waals surface area (Å²) in [5.74, 6) is 0.609. The average Bonchev–Trinajstić information content (AvgIpc) is 2.98. The highest BCUT2D eigenvalue weighted by molar-refractivity contribution is 7.91. The van der Waals surface area contributed by atoms with E-state index in [1.807, 2.05) is 6.20 Å². The Kier molecular flexibility index (Phi) is 3.15. The van der Waals surface area contributed by atoms with Gasteiger partial charge in [-0.25, -0.2) is 13.4 Å². The molecule has 2 aliphatic heterocycles. The van der Waals surface area contributed by atoms with E-state index in [1.54, 1.807) is 6.33 Å². The standard InChI is InChI=1S/C12H19N3O2S/c16-18(17)6-2-3-10(8-18)15-9-13-7-12(15)11-4-1-5-14-11/h7,9-11,14H,1-6,8H2/t10?,11-/m0/s1. The molecular formula is C12H19N3O2S. The SMILES string of the molecule is O=S1(=O)CCCC(n2cncc2[C@@H]2CCCN2)C1. The maximum absolute atomic E-state index is 11.7. The lowest BCUT2D eigenvalue weighted by Gasteiger charge is -2.26. The monoisotopic (exact) mass is 269 g/mol. The first-order valence-electron chi connectivity index (χ1n) is 6.61. The fourth-order valence-corrected chi connectivity index (χ4v) is 4.73. The lowest BCUT2D eigenvalue weighted by molar-refractivity contribution is 0.442. The molecule has 0 aromatic carbocycles. The molecule has 0 radical (unpaired) electrons. The van der Waals surface area contributed by atoms with Crippen LogP contribution in [0.3, 0.4) is 0 Å². The van der Waals surface area contributed by atoms with Crippen molar-refractivity contribution >= 4 is 9.84 Å². The van der Waals surface area contributed by atoms with Crippen molar-refractivity contribution in [3.63, 3.8) is 0 Å². The van der Waals surface area contributed by atoms with Gasteiger partial charge in [-0.3, -0.25) is 0 Å². The summed E-state index contributed by atoms with van der Waals surface area (Å²) < 4.78 is 25.6. The van der Waals surface area contributed by atoms with E-state index < -0.39 is 9.84 Å². The van der Waals surface area contributed by atoms with Gasteiger partial charge in [0.25, 0.3) is 0 Å². The number of nitrogens with one attached hydrogen (secondary N) is 1. The summed E-state index contributed by atoms with van der Waals surface area (Å²) in [6.45, 7) is 1.04. The number of sulfone groups is 1. The van der Waals surface area contributed by atoms with Gasteiger partial charge in [0.2, 0.25) is 0 Å². The lowest BCUT2D eigenvalue weighted by Crippen LogP contribution is -2.29. The van der Waals surface area contributed by atoms with Crippen LogP contribution in [0.25, 0.3) is 0 Å². The predicted octanol–water partition coefficient (Wildman–Crippen LogP) is 1.06. The molecular weight excluding hydrogens is 250 g/mol. The van der Waals surface area contributed by atoms with E-state index in [1.165, 1.54) is 6.42 Å². The highest BCUT2D eigenvalue weighted by Crippen LogP contribution is 2.29. The first kappa shape index (κ1) is 12.2. The summed E-state index contributed by atoms with van der Waals surface area (Å²) in [5, 5.41) is 3.45. The van der Waals surface area contributed by atoms with Crippen LogP contribution in [0.5, 0.6) is 0 Å². The van der Waals surface area contributed by atoms with Crippen LogP contribution < -0.4 is 5.32 Å². The highest BCUT2D eigenvalue weighted by Gasteiger charge is 2.29. The van der Waals surface area contributed by atoms with Crippen molar-refractivity contribution in [2.75, 3.05) is 18.1 Å². The van der Waals surface area contributed by atoms with Crippen molar-refractivity contribution in [2.45, 2.75) is 37.8 Å². The molecule has 1 unspecified atom stereocenters. The molecule has 1 aromatic heterocycles. The van der Waals surface area contributed by atoms with Gasteiger partial charge >= 0.3 is 0 Å². The van der Waals surface area contributed by atoms with Crippen molar-refractivity contribution in [1.82, 2.24) is 14.9 Å². The Morgan fingerprint density at radius 1 is 1.33 bits per heavy atom. The van der Waals surface area contributed by atoms with Crippen LogP contribution in [0.4, 0.5) is 0 Å². The van der Waals surface area contributed by atoms with Crippen LogP contribution in [0.15, 0.2) is 12.5 Å². The molecule has 3 rings (SSSR count). The van der Waals surface area contributed by atoms with E-state index in [2.05, 4.69) is 14.9 Å². The minimum Gasteiger partial charge on any atom is -0.329 e. The third-order valence-corrected chi connectivity index (χ3v) is 5.75. The molecule has 0 amide bonds.